The Morgan fingerprint density at radius 3 is 2.67 bits per heavy atom. The van der Waals surface area contributed by atoms with Crippen LogP contribution in [0.4, 0.5) is 0 Å². The molecule has 0 amide bonds. The van der Waals surface area contributed by atoms with Gasteiger partial charge >= 0.3 is 5.97 Å². The molecular formula is C17H24N4O2S. The number of thioether (sulfide) groups is 1. The number of carbonyl (C=O) groups excluding carboxylic acids is 1. The molecule has 0 saturated carbocycles. The molecule has 0 aliphatic carbocycles. The fraction of sp³-hybridized carbons (Fsp3) is 0.529. The van der Waals surface area contributed by atoms with Crippen molar-refractivity contribution in [2.24, 2.45) is 0 Å². The zero-order valence-corrected chi connectivity index (χ0v) is 15.3. The Morgan fingerprint density at radius 1 is 1.25 bits per heavy atom. The van der Waals surface area contributed by atoms with E-state index < -0.39 is 0 Å². The maximum absolute atomic E-state index is 11.9. The minimum absolute atomic E-state index is 0.244. The lowest BCUT2D eigenvalue weighted by Gasteiger charge is -2.10. The molecule has 0 saturated heterocycles. The van der Waals surface area contributed by atoms with E-state index in [1.807, 2.05) is 19.1 Å². The Morgan fingerprint density at radius 2 is 2.00 bits per heavy atom. The molecule has 1 atom stereocenters. The highest BCUT2D eigenvalue weighted by Crippen LogP contribution is 2.24. The molecule has 7 heteroatoms. The summed E-state index contributed by atoms with van der Waals surface area (Å²) in [4.78, 5) is 11.9. The topological polar surface area (TPSA) is 69.9 Å². The molecule has 6 nitrogen and oxygen atoms in total. The highest BCUT2D eigenvalue weighted by Gasteiger charge is 2.20. The van der Waals surface area contributed by atoms with E-state index in [4.69, 9.17) is 4.74 Å². The molecule has 0 radical (unpaired) electrons. The van der Waals surface area contributed by atoms with Gasteiger partial charge < -0.3 is 4.74 Å². The first kappa shape index (κ1) is 18.4. The average Bonchev–Trinajstić information content (AvgIpc) is 3.06. The van der Waals surface area contributed by atoms with Gasteiger partial charge in [0.1, 0.15) is 5.25 Å². The molecule has 0 aliphatic rings. The number of unbranched alkanes of at least 4 members (excludes halogenated alkanes) is 1. The predicted molar refractivity (Wildman–Crippen MR) is 94.3 cm³/mol. The van der Waals surface area contributed by atoms with Crippen LogP contribution in [0.1, 0.15) is 45.6 Å². The third-order valence-corrected chi connectivity index (χ3v) is 4.51. The van der Waals surface area contributed by atoms with Gasteiger partial charge in [-0.15, -0.1) is 5.10 Å². The van der Waals surface area contributed by atoms with Crippen LogP contribution < -0.4 is 0 Å². The highest BCUT2D eigenvalue weighted by atomic mass is 32.2. The number of aromatic nitrogens is 4. The Hall–Kier alpha value is -1.89. The van der Waals surface area contributed by atoms with Gasteiger partial charge in [0.2, 0.25) is 5.16 Å². The molecule has 0 bridgehead atoms. The van der Waals surface area contributed by atoms with E-state index in [0.717, 1.165) is 18.5 Å². The lowest BCUT2D eigenvalue weighted by Crippen LogP contribution is -2.18. The van der Waals surface area contributed by atoms with Crippen LogP contribution in [0.5, 0.6) is 0 Å². The minimum atomic E-state index is -0.356. The number of esters is 1. The van der Waals surface area contributed by atoms with Crippen LogP contribution in [0.25, 0.3) is 5.69 Å². The van der Waals surface area contributed by atoms with Crippen molar-refractivity contribution in [2.45, 2.75) is 56.9 Å². The van der Waals surface area contributed by atoms with E-state index in [0.29, 0.717) is 11.8 Å². The molecule has 1 aromatic heterocycles. The van der Waals surface area contributed by atoms with E-state index in [9.17, 15) is 4.79 Å². The van der Waals surface area contributed by atoms with Gasteiger partial charge in [0.25, 0.3) is 0 Å². The Kier molecular flexibility index (Phi) is 7.24. The fourth-order valence-electron chi connectivity index (χ4n) is 2.13. The standard InChI is InChI=1S/C17H24N4O2S/c1-4-6-7-14-8-10-15(11-9-14)21-17(18-19-20-21)24-13(3)16(22)23-12-5-2/h8-11,13H,4-7,12H2,1-3H3. The second-order valence-electron chi connectivity index (χ2n) is 5.57. The normalized spacial score (nSPS) is 12.1. The van der Waals surface area contributed by atoms with Gasteiger partial charge in [-0.05, 0) is 54.3 Å². The third-order valence-electron chi connectivity index (χ3n) is 3.50. The molecule has 130 valence electrons. The summed E-state index contributed by atoms with van der Waals surface area (Å²) in [7, 11) is 0. The number of carbonyl (C=O) groups is 1. The highest BCUT2D eigenvalue weighted by molar-refractivity contribution is 8.00. The van der Waals surface area contributed by atoms with E-state index in [-0.39, 0.29) is 11.2 Å². The van der Waals surface area contributed by atoms with Crippen molar-refractivity contribution in [1.29, 1.82) is 0 Å². The SMILES string of the molecule is CCCCc1ccc(-n2nnnc2SC(C)C(=O)OCCC)cc1. The quantitative estimate of drug-likeness (QED) is 0.511. The molecular weight excluding hydrogens is 324 g/mol. The second kappa shape index (κ2) is 9.42. The van der Waals surface area contributed by atoms with Crippen LogP contribution in [0.2, 0.25) is 0 Å². The summed E-state index contributed by atoms with van der Waals surface area (Å²) in [6.45, 7) is 6.39. The number of nitrogens with zero attached hydrogens (tertiary/aromatic N) is 4. The van der Waals surface area contributed by atoms with Crippen molar-refractivity contribution in [3.8, 4) is 5.69 Å². The summed E-state index contributed by atoms with van der Waals surface area (Å²) in [6, 6.07) is 8.21. The largest absolute Gasteiger partial charge is 0.465 e. The van der Waals surface area contributed by atoms with Gasteiger partial charge in [-0.25, -0.2) is 0 Å². The van der Waals surface area contributed by atoms with Crippen molar-refractivity contribution in [1.82, 2.24) is 20.2 Å². The summed E-state index contributed by atoms with van der Waals surface area (Å²) < 4.78 is 6.81. The van der Waals surface area contributed by atoms with Gasteiger partial charge in [-0.2, -0.15) is 4.68 Å². The molecule has 0 aliphatic heterocycles. The number of hydrogen-bond donors (Lipinski definition) is 0. The molecule has 2 rings (SSSR count). The Bertz CT molecular complexity index is 642. The van der Waals surface area contributed by atoms with Gasteiger partial charge in [-0.3, -0.25) is 4.79 Å². The molecule has 0 spiro atoms. The van der Waals surface area contributed by atoms with Crippen LogP contribution in [0.15, 0.2) is 29.4 Å². The fourth-order valence-corrected chi connectivity index (χ4v) is 2.93. The van der Waals surface area contributed by atoms with E-state index in [1.165, 1.54) is 30.2 Å². The number of rotatable bonds is 9. The second-order valence-corrected chi connectivity index (χ2v) is 6.88. The summed E-state index contributed by atoms with van der Waals surface area (Å²) in [5, 5.41) is 12.0. The number of aryl methyl sites for hydroxylation is 1. The summed E-state index contributed by atoms with van der Waals surface area (Å²) in [6.07, 6.45) is 4.25. The summed E-state index contributed by atoms with van der Waals surface area (Å²) in [5.74, 6) is -0.244. The average molecular weight is 348 g/mol. The molecule has 1 unspecified atom stereocenters. The summed E-state index contributed by atoms with van der Waals surface area (Å²) >= 11 is 1.30. The number of ether oxygens (including phenoxy) is 1. The van der Waals surface area contributed by atoms with Gasteiger partial charge in [0, 0.05) is 0 Å². The molecule has 24 heavy (non-hydrogen) atoms. The first-order valence-electron chi connectivity index (χ1n) is 8.36. The zero-order chi connectivity index (χ0) is 17.4. The lowest BCUT2D eigenvalue weighted by molar-refractivity contribution is -0.142. The zero-order valence-electron chi connectivity index (χ0n) is 14.4. The molecule has 0 fully saturated rings. The first-order chi connectivity index (χ1) is 11.7. The monoisotopic (exact) mass is 348 g/mol. The van der Waals surface area contributed by atoms with Crippen LogP contribution in [0.3, 0.4) is 0 Å². The van der Waals surface area contributed by atoms with Crippen LogP contribution in [-0.2, 0) is 16.0 Å². The number of benzene rings is 1. The van der Waals surface area contributed by atoms with Crippen molar-refractivity contribution < 1.29 is 9.53 Å². The van der Waals surface area contributed by atoms with Crippen LogP contribution in [0, 0.1) is 0 Å². The van der Waals surface area contributed by atoms with E-state index >= 15 is 0 Å². The van der Waals surface area contributed by atoms with Gasteiger partial charge in [0.05, 0.1) is 12.3 Å². The predicted octanol–water partition coefficient (Wildman–Crippen LogP) is 3.44. The molecule has 2 aromatic rings. The first-order valence-corrected chi connectivity index (χ1v) is 9.24. The van der Waals surface area contributed by atoms with E-state index in [1.54, 1.807) is 11.6 Å². The van der Waals surface area contributed by atoms with Crippen molar-refractivity contribution >= 4 is 17.7 Å². The Balaban J connectivity index is 2.05. The van der Waals surface area contributed by atoms with Crippen LogP contribution in [-0.4, -0.2) is 38.0 Å². The van der Waals surface area contributed by atoms with Gasteiger partial charge in [0.15, 0.2) is 0 Å². The summed E-state index contributed by atoms with van der Waals surface area (Å²) in [5.41, 5.74) is 2.19. The van der Waals surface area contributed by atoms with Crippen molar-refractivity contribution in [3.05, 3.63) is 29.8 Å². The van der Waals surface area contributed by atoms with E-state index in [2.05, 4.69) is 34.6 Å². The third kappa shape index (κ3) is 5.06. The Labute approximate surface area is 147 Å². The molecule has 1 heterocycles. The van der Waals surface area contributed by atoms with Crippen molar-refractivity contribution in [2.75, 3.05) is 6.61 Å². The molecule has 1 aromatic carbocycles. The van der Waals surface area contributed by atoms with Gasteiger partial charge in [-0.1, -0.05) is 44.2 Å². The molecule has 0 N–H and O–H groups in total. The van der Waals surface area contributed by atoms with Crippen LogP contribution >= 0.6 is 11.8 Å². The number of tetrazole rings is 1. The minimum Gasteiger partial charge on any atom is -0.465 e. The van der Waals surface area contributed by atoms with Crippen molar-refractivity contribution in [3.63, 3.8) is 0 Å². The maximum atomic E-state index is 11.9. The number of hydrogen-bond acceptors (Lipinski definition) is 6. The smallest absolute Gasteiger partial charge is 0.319 e. The maximum Gasteiger partial charge on any atom is 0.319 e. The lowest BCUT2D eigenvalue weighted by atomic mass is 10.1.